The van der Waals surface area contributed by atoms with Crippen molar-refractivity contribution in [3.8, 4) is 0 Å². The standard InChI is InChI=1S/C30H40N4O/c1-5-6-16-34-20-21-18-27-25(24-11-9-12-26(34)28(21)24)17-22(19-33(27)4)29(35)32-30(2,3)14-13-23-10-7-8-15-31-23/h7-12,15,20,22,25,27H,5-6,13-14,16-19H2,1-4H3,(H,32,35)/t22-,25?,27-/m1/s1. The third kappa shape index (κ3) is 4.88. The number of hydrogen-bond donors (Lipinski definition) is 1. The van der Waals surface area contributed by atoms with E-state index in [4.69, 9.17) is 0 Å². The maximum atomic E-state index is 13.5. The Balaban J connectivity index is 1.32. The number of piperidine rings is 1. The number of nitrogens with zero attached hydrogens (tertiary/aromatic N) is 3. The number of likely N-dealkylation sites (N-methyl/N-ethyl adjacent to an activating group) is 1. The van der Waals surface area contributed by atoms with E-state index >= 15 is 0 Å². The second-order valence-electron chi connectivity index (χ2n) is 11.4. The molecule has 186 valence electrons. The number of pyridine rings is 1. The molecule has 3 aromatic rings. The molecule has 0 radical (unpaired) electrons. The zero-order valence-corrected chi connectivity index (χ0v) is 21.8. The highest BCUT2D eigenvalue weighted by Crippen LogP contribution is 2.45. The number of fused-ring (bicyclic) bond motifs is 2. The Labute approximate surface area is 209 Å². The molecule has 5 heteroatoms. The maximum absolute atomic E-state index is 13.5. The summed E-state index contributed by atoms with van der Waals surface area (Å²) in [5.74, 6) is 0.605. The van der Waals surface area contributed by atoms with Gasteiger partial charge < -0.3 is 14.8 Å². The van der Waals surface area contributed by atoms with Crippen molar-refractivity contribution in [3.05, 3.63) is 65.6 Å². The van der Waals surface area contributed by atoms with Gasteiger partial charge in [0.15, 0.2) is 0 Å². The van der Waals surface area contributed by atoms with Gasteiger partial charge in [-0.1, -0.05) is 31.5 Å². The molecule has 0 spiro atoms. The van der Waals surface area contributed by atoms with Crippen LogP contribution in [0.25, 0.3) is 10.9 Å². The Morgan fingerprint density at radius 3 is 2.83 bits per heavy atom. The van der Waals surface area contributed by atoms with E-state index in [0.717, 1.165) is 44.5 Å². The summed E-state index contributed by atoms with van der Waals surface area (Å²) in [5.41, 5.74) is 5.11. The lowest BCUT2D eigenvalue weighted by Gasteiger charge is -2.45. The van der Waals surface area contributed by atoms with Gasteiger partial charge in [0.25, 0.3) is 0 Å². The van der Waals surface area contributed by atoms with Gasteiger partial charge in [-0.3, -0.25) is 9.78 Å². The molecule has 1 aliphatic carbocycles. The van der Waals surface area contributed by atoms with E-state index in [2.05, 4.69) is 78.0 Å². The van der Waals surface area contributed by atoms with Crippen LogP contribution in [0.4, 0.5) is 0 Å². The second-order valence-corrected chi connectivity index (χ2v) is 11.4. The molecule has 1 amide bonds. The molecule has 1 aromatic carbocycles. The van der Waals surface area contributed by atoms with Crippen molar-refractivity contribution < 1.29 is 4.79 Å². The van der Waals surface area contributed by atoms with E-state index < -0.39 is 0 Å². The number of carbonyl (C=O) groups is 1. The van der Waals surface area contributed by atoms with Crippen molar-refractivity contribution in [2.75, 3.05) is 13.6 Å². The molecule has 1 aliphatic heterocycles. The smallest absolute Gasteiger partial charge is 0.224 e. The van der Waals surface area contributed by atoms with E-state index in [0.29, 0.717) is 12.0 Å². The number of unbranched alkanes of at least 4 members (excludes halogenated alkanes) is 1. The van der Waals surface area contributed by atoms with Crippen molar-refractivity contribution in [1.82, 2.24) is 19.8 Å². The molecule has 2 aliphatic rings. The molecule has 1 unspecified atom stereocenters. The number of benzene rings is 1. The number of aryl methyl sites for hydroxylation is 2. The van der Waals surface area contributed by atoms with E-state index in [9.17, 15) is 4.79 Å². The van der Waals surface area contributed by atoms with Crippen LogP contribution >= 0.6 is 0 Å². The number of likely N-dealkylation sites (tertiary alicyclic amines) is 1. The highest BCUT2D eigenvalue weighted by atomic mass is 16.2. The second kappa shape index (κ2) is 9.77. The molecule has 5 rings (SSSR count). The zero-order valence-electron chi connectivity index (χ0n) is 21.8. The van der Waals surface area contributed by atoms with Gasteiger partial charge in [0, 0.05) is 59.6 Å². The summed E-state index contributed by atoms with van der Waals surface area (Å²) >= 11 is 0. The van der Waals surface area contributed by atoms with Crippen molar-refractivity contribution in [1.29, 1.82) is 0 Å². The van der Waals surface area contributed by atoms with Gasteiger partial charge in [-0.15, -0.1) is 0 Å². The van der Waals surface area contributed by atoms with Crippen molar-refractivity contribution in [2.45, 2.75) is 83.3 Å². The van der Waals surface area contributed by atoms with Crippen LogP contribution in [0, 0.1) is 5.92 Å². The average Bonchev–Trinajstić information content (AvgIpc) is 3.21. The molecule has 35 heavy (non-hydrogen) atoms. The molecule has 2 aromatic heterocycles. The fourth-order valence-electron chi connectivity index (χ4n) is 6.31. The van der Waals surface area contributed by atoms with E-state index in [1.165, 1.54) is 34.9 Å². The number of aromatic nitrogens is 2. The van der Waals surface area contributed by atoms with Crippen molar-refractivity contribution in [2.24, 2.45) is 5.92 Å². The summed E-state index contributed by atoms with van der Waals surface area (Å²) in [6.07, 6.45) is 10.4. The molecule has 0 saturated carbocycles. The lowest BCUT2D eigenvalue weighted by atomic mass is 9.72. The largest absolute Gasteiger partial charge is 0.351 e. The molecular weight excluding hydrogens is 432 g/mol. The van der Waals surface area contributed by atoms with Crippen LogP contribution in [0.5, 0.6) is 0 Å². The Hall–Kier alpha value is -2.66. The van der Waals surface area contributed by atoms with Crippen LogP contribution in [0.2, 0.25) is 0 Å². The first-order valence-electron chi connectivity index (χ1n) is 13.4. The third-order valence-corrected chi connectivity index (χ3v) is 8.24. The minimum absolute atomic E-state index is 0.00867. The first kappa shape index (κ1) is 24.1. The van der Waals surface area contributed by atoms with Gasteiger partial charge in [-0.05, 0) is 82.3 Å². The zero-order chi connectivity index (χ0) is 24.6. The first-order chi connectivity index (χ1) is 16.9. The molecule has 1 fully saturated rings. The third-order valence-electron chi connectivity index (χ3n) is 8.24. The Bertz CT molecular complexity index is 1180. The average molecular weight is 473 g/mol. The summed E-state index contributed by atoms with van der Waals surface area (Å²) < 4.78 is 2.46. The predicted octanol–water partition coefficient (Wildman–Crippen LogP) is 5.32. The molecule has 1 saturated heterocycles. The molecular formula is C30H40N4O. The molecule has 5 nitrogen and oxygen atoms in total. The van der Waals surface area contributed by atoms with Crippen molar-refractivity contribution >= 4 is 16.8 Å². The Morgan fingerprint density at radius 2 is 2.06 bits per heavy atom. The van der Waals surface area contributed by atoms with E-state index in [1.54, 1.807) is 0 Å². The van der Waals surface area contributed by atoms with Gasteiger partial charge in [-0.25, -0.2) is 0 Å². The summed E-state index contributed by atoms with van der Waals surface area (Å²) in [5, 5.41) is 4.84. The minimum Gasteiger partial charge on any atom is -0.351 e. The van der Waals surface area contributed by atoms with Crippen LogP contribution in [0.3, 0.4) is 0 Å². The Kier molecular flexibility index (Phi) is 6.71. The van der Waals surface area contributed by atoms with Gasteiger partial charge in [0.05, 0.1) is 5.92 Å². The molecule has 0 bridgehead atoms. The maximum Gasteiger partial charge on any atom is 0.224 e. The normalized spacial score (nSPS) is 22.2. The fourth-order valence-corrected chi connectivity index (χ4v) is 6.31. The van der Waals surface area contributed by atoms with E-state index in [1.807, 2.05) is 18.3 Å². The number of nitrogens with one attached hydrogen (secondary N) is 1. The number of carbonyl (C=O) groups excluding carboxylic acids is 1. The van der Waals surface area contributed by atoms with Crippen LogP contribution in [0.1, 0.15) is 69.2 Å². The Morgan fingerprint density at radius 1 is 1.20 bits per heavy atom. The number of rotatable bonds is 8. The van der Waals surface area contributed by atoms with Crippen molar-refractivity contribution in [3.63, 3.8) is 0 Å². The predicted molar refractivity (Wildman–Crippen MR) is 143 cm³/mol. The first-order valence-corrected chi connectivity index (χ1v) is 13.4. The van der Waals surface area contributed by atoms with Crippen LogP contribution < -0.4 is 5.32 Å². The fraction of sp³-hybridized carbons (Fsp3) is 0.533. The monoisotopic (exact) mass is 472 g/mol. The van der Waals surface area contributed by atoms with Crippen LogP contribution in [-0.2, 0) is 24.2 Å². The van der Waals surface area contributed by atoms with E-state index in [-0.39, 0.29) is 17.4 Å². The van der Waals surface area contributed by atoms with Gasteiger partial charge in [0.1, 0.15) is 0 Å². The topological polar surface area (TPSA) is 50.2 Å². The highest BCUT2D eigenvalue weighted by Gasteiger charge is 2.42. The van der Waals surface area contributed by atoms with Crippen LogP contribution in [0.15, 0.2) is 48.8 Å². The van der Waals surface area contributed by atoms with Gasteiger partial charge in [-0.2, -0.15) is 0 Å². The quantitative estimate of drug-likeness (QED) is 0.482. The molecule has 3 heterocycles. The highest BCUT2D eigenvalue weighted by molar-refractivity contribution is 5.89. The number of hydrogen-bond acceptors (Lipinski definition) is 3. The summed E-state index contributed by atoms with van der Waals surface area (Å²) in [7, 11) is 2.21. The molecule has 3 atom stereocenters. The number of amides is 1. The SMILES string of the molecule is CCCCn1cc2c3c(cccc31)C1C[C@@H](C(=O)NC(C)(C)CCc3ccccn3)CN(C)[C@@H]1C2. The van der Waals surface area contributed by atoms with Crippen LogP contribution in [-0.4, -0.2) is 45.5 Å². The summed E-state index contributed by atoms with van der Waals surface area (Å²) in [6.45, 7) is 8.43. The lowest BCUT2D eigenvalue weighted by molar-refractivity contribution is -0.129. The summed E-state index contributed by atoms with van der Waals surface area (Å²) in [6, 6.07) is 13.3. The summed E-state index contributed by atoms with van der Waals surface area (Å²) in [4.78, 5) is 20.4. The molecule has 1 N–H and O–H groups in total. The lowest BCUT2D eigenvalue weighted by Crippen LogP contribution is -2.54. The van der Waals surface area contributed by atoms with Gasteiger partial charge in [0.2, 0.25) is 5.91 Å². The van der Waals surface area contributed by atoms with Gasteiger partial charge >= 0.3 is 0 Å². The minimum atomic E-state index is -0.264.